The Bertz CT molecular complexity index is 946. The summed E-state index contributed by atoms with van der Waals surface area (Å²) in [4.78, 5) is 43.7. The second-order valence-electron chi connectivity index (χ2n) is 5.31. The van der Waals surface area contributed by atoms with Crippen molar-refractivity contribution in [3.63, 3.8) is 0 Å². The monoisotopic (exact) mass is 357 g/mol. The molecule has 2 heterocycles. The van der Waals surface area contributed by atoms with E-state index in [0.717, 1.165) is 15.2 Å². The molecule has 25 heavy (non-hydrogen) atoms. The minimum atomic E-state index is -0.830. The largest absolute Gasteiger partial charge is 0.452 e. The van der Waals surface area contributed by atoms with Gasteiger partial charge in [0.15, 0.2) is 6.61 Å². The lowest BCUT2D eigenvalue weighted by atomic mass is 10.3. The van der Waals surface area contributed by atoms with Gasteiger partial charge >= 0.3 is 5.97 Å². The first kappa shape index (κ1) is 16.8. The molecule has 7 nitrogen and oxygen atoms in total. The number of H-pyrrole nitrogens is 1. The Labute approximate surface area is 146 Å². The molecule has 0 atom stereocenters. The van der Waals surface area contributed by atoms with E-state index in [1.54, 1.807) is 7.05 Å². The molecular formula is C17H15N3O4S. The quantitative estimate of drug-likeness (QED) is 0.703. The number of esters is 1. The average Bonchev–Trinajstić information content (AvgIpc) is 3.01. The summed E-state index contributed by atoms with van der Waals surface area (Å²) in [7, 11) is 1.61. The summed E-state index contributed by atoms with van der Waals surface area (Å²) in [5.41, 5.74) is 0.199. The van der Waals surface area contributed by atoms with Gasteiger partial charge in [-0.2, -0.15) is 0 Å². The number of likely N-dealkylation sites (N-methyl/N-ethyl adjacent to an activating group) is 1. The third-order valence-electron chi connectivity index (χ3n) is 3.50. The second-order valence-corrected chi connectivity index (χ2v) is 6.43. The lowest BCUT2D eigenvalue weighted by Crippen LogP contribution is -2.31. The molecule has 0 saturated carbocycles. The van der Waals surface area contributed by atoms with Gasteiger partial charge in [0.05, 0.1) is 16.8 Å². The molecule has 2 aromatic heterocycles. The van der Waals surface area contributed by atoms with Crippen LogP contribution in [0.2, 0.25) is 0 Å². The van der Waals surface area contributed by atoms with E-state index >= 15 is 0 Å². The van der Waals surface area contributed by atoms with Gasteiger partial charge in [-0.05, 0) is 24.3 Å². The standard InChI is InChI=1S/C17H15N3O4S/c1-20(9-14-19-12-6-2-3-7-13(12)25-14)15(21)10-24-17(23)11-5-4-8-18-16(11)22/h2-8H,9-10H2,1H3,(H,18,22). The molecule has 1 amide bonds. The van der Waals surface area contributed by atoms with Gasteiger partial charge in [-0.3, -0.25) is 9.59 Å². The number of carbonyl (C=O) groups is 2. The number of pyridine rings is 1. The highest BCUT2D eigenvalue weighted by Crippen LogP contribution is 2.22. The zero-order valence-corrected chi connectivity index (χ0v) is 14.2. The van der Waals surface area contributed by atoms with Crippen molar-refractivity contribution in [3.8, 4) is 0 Å². The van der Waals surface area contributed by atoms with E-state index in [0.29, 0.717) is 6.54 Å². The number of amides is 1. The maximum Gasteiger partial charge on any atom is 0.344 e. The van der Waals surface area contributed by atoms with Crippen molar-refractivity contribution in [2.75, 3.05) is 13.7 Å². The van der Waals surface area contributed by atoms with Crippen molar-refractivity contribution in [3.05, 3.63) is 63.5 Å². The number of para-hydroxylation sites is 1. The van der Waals surface area contributed by atoms with Gasteiger partial charge in [-0.1, -0.05) is 12.1 Å². The summed E-state index contributed by atoms with van der Waals surface area (Å²) in [5.74, 6) is -1.21. The Kier molecular flexibility index (Phi) is 4.90. The Morgan fingerprint density at radius 3 is 2.80 bits per heavy atom. The molecule has 0 spiro atoms. The maximum absolute atomic E-state index is 12.1. The normalized spacial score (nSPS) is 10.6. The highest BCUT2D eigenvalue weighted by Gasteiger charge is 2.17. The van der Waals surface area contributed by atoms with Crippen molar-refractivity contribution < 1.29 is 14.3 Å². The van der Waals surface area contributed by atoms with Crippen LogP contribution < -0.4 is 5.56 Å². The number of aromatic amines is 1. The first-order valence-electron chi connectivity index (χ1n) is 7.48. The smallest absolute Gasteiger partial charge is 0.344 e. The number of benzene rings is 1. The van der Waals surface area contributed by atoms with Crippen LogP contribution in [0.5, 0.6) is 0 Å². The van der Waals surface area contributed by atoms with Crippen LogP contribution in [0.4, 0.5) is 0 Å². The molecule has 3 rings (SSSR count). The van der Waals surface area contributed by atoms with E-state index in [1.165, 1.54) is 34.6 Å². The number of fused-ring (bicyclic) bond motifs is 1. The van der Waals surface area contributed by atoms with Crippen LogP contribution >= 0.6 is 11.3 Å². The molecule has 0 radical (unpaired) electrons. The summed E-state index contributed by atoms with van der Waals surface area (Å²) in [6.45, 7) is -0.115. The molecule has 0 fully saturated rings. The van der Waals surface area contributed by atoms with E-state index < -0.39 is 18.1 Å². The number of nitrogens with zero attached hydrogens (tertiary/aromatic N) is 2. The van der Waals surface area contributed by atoms with Crippen molar-refractivity contribution in [1.29, 1.82) is 0 Å². The lowest BCUT2D eigenvalue weighted by Gasteiger charge is -2.15. The van der Waals surface area contributed by atoms with Gasteiger partial charge < -0.3 is 14.6 Å². The summed E-state index contributed by atoms with van der Waals surface area (Å²) < 4.78 is 5.97. The number of hydrogen-bond acceptors (Lipinski definition) is 6. The molecule has 3 aromatic rings. The van der Waals surface area contributed by atoms with Crippen LogP contribution in [0.3, 0.4) is 0 Å². The number of nitrogens with one attached hydrogen (secondary N) is 1. The Morgan fingerprint density at radius 1 is 1.24 bits per heavy atom. The van der Waals surface area contributed by atoms with Crippen LogP contribution in [-0.4, -0.2) is 40.4 Å². The Morgan fingerprint density at radius 2 is 2.04 bits per heavy atom. The van der Waals surface area contributed by atoms with E-state index in [-0.39, 0.29) is 11.5 Å². The molecule has 0 aliphatic carbocycles. The van der Waals surface area contributed by atoms with E-state index in [2.05, 4.69) is 9.97 Å². The molecule has 1 N–H and O–H groups in total. The van der Waals surface area contributed by atoms with Crippen molar-refractivity contribution in [2.45, 2.75) is 6.54 Å². The van der Waals surface area contributed by atoms with E-state index in [9.17, 15) is 14.4 Å². The topological polar surface area (TPSA) is 92.4 Å². The summed E-state index contributed by atoms with van der Waals surface area (Å²) in [6.07, 6.45) is 1.41. The van der Waals surface area contributed by atoms with Crippen LogP contribution in [0.1, 0.15) is 15.4 Å². The Hall–Kier alpha value is -3.00. The lowest BCUT2D eigenvalue weighted by molar-refractivity contribution is -0.133. The minimum absolute atomic E-state index is 0.135. The maximum atomic E-state index is 12.1. The fourth-order valence-corrected chi connectivity index (χ4v) is 3.20. The van der Waals surface area contributed by atoms with E-state index in [4.69, 9.17) is 4.74 Å². The van der Waals surface area contributed by atoms with Gasteiger partial charge in [0.1, 0.15) is 10.6 Å². The second kappa shape index (κ2) is 7.27. The first-order valence-corrected chi connectivity index (χ1v) is 8.29. The molecule has 0 bridgehead atoms. The Balaban J connectivity index is 1.58. The van der Waals surface area contributed by atoms with Gasteiger partial charge in [-0.25, -0.2) is 9.78 Å². The van der Waals surface area contributed by atoms with Gasteiger partial charge in [0.25, 0.3) is 11.5 Å². The van der Waals surface area contributed by atoms with Crippen molar-refractivity contribution >= 4 is 33.4 Å². The summed E-state index contributed by atoms with van der Waals surface area (Å²) in [5, 5.41) is 0.794. The van der Waals surface area contributed by atoms with Crippen molar-refractivity contribution in [2.24, 2.45) is 0 Å². The molecule has 128 valence electrons. The molecule has 0 saturated heterocycles. The minimum Gasteiger partial charge on any atom is -0.452 e. The predicted octanol–water partition coefficient (Wildman–Crippen LogP) is 1.80. The molecule has 1 aromatic carbocycles. The first-order chi connectivity index (χ1) is 12.0. The van der Waals surface area contributed by atoms with E-state index in [1.807, 2.05) is 24.3 Å². The zero-order valence-electron chi connectivity index (χ0n) is 13.4. The van der Waals surface area contributed by atoms with Crippen LogP contribution in [0, 0.1) is 0 Å². The van der Waals surface area contributed by atoms with Crippen LogP contribution in [0.25, 0.3) is 10.2 Å². The van der Waals surface area contributed by atoms with Crippen LogP contribution in [-0.2, 0) is 16.1 Å². The summed E-state index contributed by atoms with van der Waals surface area (Å²) >= 11 is 1.51. The molecule has 8 heteroatoms. The fraction of sp³-hybridized carbons (Fsp3) is 0.176. The zero-order chi connectivity index (χ0) is 17.8. The average molecular weight is 357 g/mol. The third-order valence-corrected chi connectivity index (χ3v) is 4.52. The number of ether oxygens (including phenoxy) is 1. The van der Waals surface area contributed by atoms with Crippen LogP contribution in [0.15, 0.2) is 47.4 Å². The fourth-order valence-electron chi connectivity index (χ4n) is 2.18. The molecular weight excluding hydrogens is 342 g/mol. The molecule has 0 aliphatic heterocycles. The number of carbonyl (C=O) groups excluding carboxylic acids is 2. The van der Waals surface area contributed by atoms with Gasteiger partial charge in [0, 0.05) is 13.2 Å². The number of thiazole rings is 1. The molecule has 0 unspecified atom stereocenters. The number of hydrogen-bond donors (Lipinski definition) is 1. The highest BCUT2D eigenvalue weighted by molar-refractivity contribution is 7.18. The number of aromatic nitrogens is 2. The van der Waals surface area contributed by atoms with Gasteiger partial charge in [0.2, 0.25) is 0 Å². The molecule has 0 aliphatic rings. The summed E-state index contributed by atoms with van der Waals surface area (Å²) in [6, 6.07) is 10.6. The predicted molar refractivity (Wildman–Crippen MR) is 93.4 cm³/mol. The van der Waals surface area contributed by atoms with Crippen molar-refractivity contribution in [1.82, 2.24) is 14.9 Å². The van der Waals surface area contributed by atoms with Gasteiger partial charge in [-0.15, -0.1) is 11.3 Å². The highest BCUT2D eigenvalue weighted by atomic mass is 32.1. The number of rotatable bonds is 5. The third kappa shape index (κ3) is 3.92. The SMILES string of the molecule is CN(Cc1nc2ccccc2s1)C(=O)COC(=O)c1ccc[nH]c1=O.